The lowest BCUT2D eigenvalue weighted by Crippen LogP contribution is -2.33. The van der Waals surface area contributed by atoms with Crippen molar-refractivity contribution in [2.24, 2.45) is 23.7 Å². The average molecular weight is 601 g/mol. The highest BCUT2D eigenvalue weighted by atomic mass is 79.9. The lowest BCUT2D eigenvalue weighted by Gasteiger charge is -2.28. The Kier molecular flexibility index (Phi) is 6.82. The van der Waals surface area contributed by atoms with Crippen LogP contribution < -0.4 is 10.2 Å². The predicted octanol–water partition coefficient (Wildman–Crippen LogP) is 5.79. The number of imide groups is 1. The maximum absolute atomic E-state index is 13.5. The number of esters is 1. The lowest BCUT2D eigenvalue weighted by atomic mass is 9.73. The summed E-state index contributed by atoms with van der Waals surface area (Å²) < 4.78 is 6.15. The van der Waals surface area contributed by atoms with Gasteiger partial charge in [-0.05, 0) is 97.5 Å². The van der Waals surface area contributed by atoms with E-state index in [2.05, 4.69) is 33.4 Å². The standard InChI is InChI=1S/C32H29BrN2O5/c1-17-18(2)26(13-12-25(17)33)34-27(36)16-40-32(39)20-8-10-22(11-9-20)35-30(37)28-21-14-23(19-6-4-3-5-7-19)24(15-21)29(28)31(35)38/h3-13,21,23-24,28-29H,14-16H2,1-2H3,(H,34,36)/t21-,23-,24+,28+,29+/m0/s1. The zero-order valence-corrected chi connectivity index (χ0v) is 23.8. The fourth-order valence-electron chi connectivity index (χ4n) is 6.87. The van der Waals surface area contributed by atoms with Gasteiger partial charge >= 0.3 is 5.97 Å². The van der Waals surface area contributed by atoms with Gasteiger partial charge in [0.25, 0.3) is 5.91 Å². The topological polar surface area (TPSA) is 92.8 Å². The summed E-state index contributed by atoms with van der Waals surface area (Å²) in [6, 6.07) is 20.1. The molecule has 7 nitrogen and oxygen atoms in total. The Morgan fingerprint density at radius 2 is 1.60 bits per heavy atom. The van der Waals surface area contributed by atoms with E-state index >= 15 is 0 Å². The number of hydrogen-bond donors (Lipinski definition) is 1. The average Bonchev–Trinajstić information content (AvgIpc) is 3.64. The summed E-state index contributed by atoms with van der Waals surface area (Å²) >= 11 is 3.46. The number of ether oxygens (including phenoxy) is 1. The Hall–Kier alpha value is -3.78. The molecular formula is C32H29BrN2O5. The van der Waals surface area contributed by atoms with E-state index in [4.69, 9.17) is 4.74 Å². The molecule has 8 heteroatoms. The van der Waals surface area contributed by atoms with Gasteiger partial charge in [-0.1, -0.05) is 46.3 Å². The predicted molar refractivity (Wildman–Crippen MR) is 154 cm³/mol. The van der Waals surface area contributed by atoms with Crippen molar-refractivity contribution in [1.82, 2.24) is 0 Å². The maximum Gasteiger partial charge on any atom is 0.338 e. The normalized spacial score (nSPS) is 24.8. The first-order chi connectivity index (χ1) is 19.2. The molecule has 5 atom stereocenters. The number of halogens is 1. The number of amides is 3. The van der Waals surface area contributed by atoms with Gasteiger partial charge in [0, 0.05) is 10.2 Å². The summed E-state index contributed by atoms with van der Waals surface area (Å²) in [5.41, 5.74) is 4.51. The van der Waals surface area contributed by atoms with E-state index in [0.717, 1.165) is 28.4 Å². The Bertz CT molecular complexity index is 1520. The van der Waals surface area contributed by atoms with E-state index in [1.165, 1.54) is 22.6 Å². The fraction of sp³-hybridized carbons (Fsp3) is 0.312. The molecular weight excluding hydrogens is 572 g/mol. The largest absolute Gasteiger partial charge is 0.452 e. The first kappa shape index (κ1) is 26.4. The molecule has 0 radical (unpaired) electrons. The quantitative estimate of drug-likeness (QED) is 0.285. The summed E-state index contributed by atoms with van der Waals surface area (Å²) in [4.78, 5) is 53.2. The molecule has 0 unspecified atom stereocenters. The molecule has 3 aromatic carbocycles. The van der Waals surface area contributed by atoms with Gasteiger partial charge in [-0.15, -0.1) is 0 Å². The van der Waals surface area contributed by atoms with Crippen LogP contribution in [-0.2, 0) is 19.1 Å². The highest BCUT2D eigenvalue weighted by Gasteiger charge is 2.64. The van der Waals surface area contributed by atoms with Gasteiger partial charge in [-0.2, -0.15) is 0 Å². The third-order valence-electron chi connectivity index (χ3n) is 8.93. The van der Waals surface area contributed by atoms with Gasteiger partial charge in [0.2, 0.25) is 11.8 Å². The molecule has 0 aromatic heterocycles. The molecule has 3 fully saturated rings. The summed E-state index contributed by atoms with van der Waals surface area (Å²) in [7, 11) is 0. The number of carbonyl (C=O) groups is 4. The zero-order chi connectivity index (χ0) is 28.1. The van der Waals surface area contributed by atoms with E-state index in [-0.39, 0.29) is 41.0 Å². The molecule has 3 amide bonds. The summed E-state index contributed by atoms with van der Waals surface area (Å²) in [5.74, 6) is -1.26. The molecule has 2 bridgehead atoms. The molecule has 1 N–H and O–H groups in total. The van der Waals surface area contributed by atoms with Crippen LogP contribution >= 0.6 is 15.9 Å². The van der Waals surface area contributed by atoms with E-state index in [1.807, 2.05) is 38.1 Å². The highest BCUT2D eigenvalue weighted by Crippen LogP contribution is 2.61. The highest BCUT2D eigenvalue weighted by molar-refractivity contribution is 9.10. The number of benzene rings is 3. The number of carbonyl (C=O) groups excluding carboxylic acids is 4. The molecule has 40 heavy (non-hydrogen) atoms. The molecule has 3 aromatic rings. The lowest BCUT2D eigenvalue weighted by molar-refractivity contribution is -0.123. The molecule has 2 saturated carbocycles. The van der Waals surface area contributed by atoms with Crippen molar-refractivity contribution in [3.63, 3.8) is 0 Å². The van der Waals surface area contributed by atoms with Crippen LogP contribution in [0.5, 0.6) is 0 Å². The van der Waals surface area contributed by atoms with E-state index < -0.39 is 18.5 Å². The van der Waals surface area contributed by atoms with Gasteiger partial charge in [-0.3, -0.25) is 19.3 Å². The van der Waals surface area contributed by atoms with Crippen molar-refractivity contribution in [3.8, 4) is 0 Å². The Balaban J connectivity index is 1.09. The Labute approximate surface area is 241 Å². The van der Waals surface area contributed by atoms with Gasteiger partial charge in [0.1, 0.15) is 0 Å². The van der Waals surface area contributed by atoms with Crippen LogP contribution in [0.4, 0.5) is 11.4 Å². The van der Waals surface area contributed by atoms with E-state index in [0.29, 0.717) is 17.3 Å². The molecule has 1 aliphatic heterocycles. The monoisotopic (exact) mass is 600 g/mol. The molecule has 6 rings (SSSR count). The third kappa shape index (κ3) is 4.44. The first-order valence-corrected chi connectivity index (χ1v) is 14.3. The second-order valence-electron chi connectivity index (χ2n) is 11.0. The SMILES string of the molecule is Cc1c(Br)ccc(NC(=O)COC(=O)c2ccc(N3C(=O)[C@@H]4[C@@H]5C[C@@H]([C@H]4C3=O)[C@H](c3ccccc3)C5)cc2)c1C. The summed E-state index contributed by atoms with van der Waals surface area (Å²) in [6.45, 7) is 3.41. The van der Waals surface area contributed by atoms with Crippen LogP contribution in [0.15, 0.2) is 71.2 Å². The number of anilines is 2. The minimum absolute atomic E-state index is 0.139. The van der Waals surface area contributed by atoms with Crippen molar-refractivity contribution >= 4 is 51.0 Å². The first-order valence-electron chi connectivity index (χ1n) is 13.5. The zero-order valence-electron chi connectivity index (χ0n) is 22.2. The Morgan fingerprint density at radius 1 is 0.900 bits per heavy atom. The van der Waals surface area contributed by atoms with Gasteiger partial charge in [0.05, 0.1) is 23.1 Å². The molecule has 3 aliphatic rings. The Morgan fingerprint density at radius 3 is 2.33 bits per heavy atom. The molecule has 1 saturated heterocycles. The van der Waals surface area contributed by atoms with Crippen molar-refractivity contribution in [3.05, 3.63) is 93.5 Å². The van der Waals surface area contributed by atoms with Crippen LogP contribution in [0, 0.1) is 37.5 Å². The third-order valence-corrected chi connectivity index (χ3v) is 9.79. The summed E-state index contributed by atoms with van der Waals surface area (Å²) in [5, 5.41) is 2.77. The van der Waals surface area contributed by atoms with Crippen molar-refractivity contribution in [1.29, 1.82) is 0 Å². The molecule has 0 spiro atoms. The minimum Gasteiger partial charge on any atom is -0.452 e. The van der Waals surface area contributed by atoms with Crippen LogP contribution in [-0.4, -0.2) is 30.3 Å². The van der Waals surface area contributed by atoms with Crippen molar-refractivity contribution in [2.45, 2.75) is 32.6 Å². The number of nitrogens with zero attached hydrogens (tertiary/aromatic N) is 1. The molecule has 2 aliphatic carbocycles. The molecule has 204 valence electrons. The maximum atomic E-state index is 13.5. The van der Waals surface area contributed by atoms with Gasteiger partial charge < -0.3 is 10.1 Å². The number of fused-ring (bicyclic) bond motifs is 5. The van der Waals surface area contributed by atoms with Crippen LogP contribution in [0.1, 0.15) is 45.8 Å². The summed E-state index contributed by atoms with van der Waals surface area (Å²) in [6.07, 6.45) is 1.85. The van der Waals surface area contributed by atoms with Crippen LogP contribution in [0.2, 0.25) is 0 Å². The number of nitrogens with one attached hydrogen (secondary N) is 1. The molecule has 1 heterocycles. The van der Waals surface area contributed by atoms with E-state index in [9.17, 15) is 19.2 Å². The minimum atomic E-state index is -0.662. The second kappa shape index (κ2) is 10.3. The smallest absolute Gasteiger partial charge is 0.338 e. The fourth-order valence-corrected chi connectivity index (χ4v) is 7.30. The van der Waals surface area contributed by atoms with Crippen LogP contribution in [0.25, 0.3) is 0 Å². The second-order valence-corrected chi connectivity index (χ2v) is 11.8. The number of hydrogen-bond acceptors (Lipinski definition) is 5. The van der Waals surface area contributed by atoms with Crippen LogP contribution in [0.3, 0.4) is 0 Å². The van der Waals surface area contributed by atoms with Gasteiger partial charge in [0.15, 0.2) is 6.61 Å². The van der Waals surface area contributed by atoms with Gasteiger partial charge in [-0.25, -0.2) is 4.79 Å². The number of rotatable bonds is 6. The van der Waals surface area contributed by atoms with Crippen molar-refractivity contribution in [2.75, 3.05) is 16.8 Å². The van der Waals surface area contributed by atoms with Crippen molar-refractivity contribution < 1.29 is 23.9 Å². The van der Waals surface area contributed by atoms with E-state index in [1.54, 1.807) is 18.2 Å².